The molecule has 0 bridgehead atoms. The SMILES string of the molecule is C=C(C)[C@@H]1CC[C@]2(CNCCCN3CCS(=O)(=O)CC3)CC[C@]3(C)[C@H](CC[C@@H]4[C@@]5(C)CCN(C(=O)C(=O)NC6(C(=O)O)CC6)C(C)(C)[C@@H]5CC[C@]43C)[C@@H]12. The zero-order valence-electron chi connectivity index (χ0n) is 33.5. The maximum absolute atomic E-state index is 13.7. The van der Waals surface area contributed by atoms with Crippen LogP contribution in [0.4, 0.5) is 0 Å². The van der Waals surface area contributed by atoms with Crippen LogP contribution in [0.5, 0.6) is 0 Å². The number of carbonyl (C=O) groups is 3. The molecule has 0 aromatic carbocycles. The molecule has 11 heteroatoms. The highest BCUT2D eigenvalue weighted by Gasteiger charge is 2.71. The van der Waals surface area contributed by atoms with E-state index in [2.05, 4.69) is 63.7 Å². The molecule has 0 unspecified atom stereocenters. The van der Waals surface area contributed by atoms with Crippen LogP contribution in [0.15, 0.2) is 12.2 Å². The van der Waals surface area contributed by atoms with E-state index >= 15 is 0 Å². The number of nitrogens with one attached hydrogen (secondary N) is 2. The second-order valence-corrected chi connectivity index (χ2v) is 22.6. The summed E-state index contributed by atoms with van der Waals surface area (Å²) in [6, 6.07) is 0. The normalized spacial score (nSPS) is 42.3. The summed E-state index contributed by atoms with van der Waals surface area (Å²) in [6.45, 7) is 23.7. The topological polar surface area (TPSA) is 136 Å². The van der Waals surface area contributed by atoms with Crippen LogP contribution >= 0.6 is 0 Å². The second-order valence-electron chi connectivity index (χ2n) is 20.3. The van der Waals surface area contributed by atoms with Gasteiger partial charge in [-0.15, -0.1) is 0 Å². The average molecular weight is 757 g/mol. The van der Waals surface area contributed by atoms with Crippen LogP contribution in [0.2, 0.25) is 0 Å². The quantitative estimate of drug-likeness (QED) is 0.165. The number of nitrogens with zero attached hydrogens (tertiary/aromatic N) is 2. The van der Waals surface area contributed by atoms with Crippen molar-refractivity contribution in [1.82, 2.24) is 20.4 Å². The number of likely N-dealkylation sites (tertiary alicyclic amines) is 1. The van der Waals surface area contributed by atoms with Crippen LogP contribution in [0.25, 0.3) is 0 Å². The first-order valence-electron chi connectivity index (χ1n) is 20.9. The summed E-state index contributed by atoms with van der Waals surface area (Å²) in [4.78, 5) is 42.8. The molecule has 298 valence electrons. The summed E-state index contributed by atoms with van der Waals surface area (Å²) in [5.41, 5.74) is 0.250. The molecule has 7 aliphatic rings. The Bertz CT molecular complexity index is 1610. The number of hydrogen-bond acceptors (Lipinski definition) is 7. The van der Waals surface area contributed by atoms with Crippen LogP contribution in [0.3, 0.4) is 0 Å². The number of sulfone groups is 1. The summed E-state index contributed by atoms with van der Waals surface area (Å²) in [7, 11) is -2.85. The van der Waals surface area contributed by atoms with Crippen molar-refractivity contribution in [2.45, 2.75) is 130 Å². The van der Waals surface area contributed by atoms with Crippen molar-refractivity contribution in [2.24, 2.45) is 51.2 Å². The Morgan fingerprint density at radius 3 is 2.17 bits per heavy atom. The lowest BCUT2D eigenvalue weighted by Crippen LogP contribution is -2.71. The van der Waals surface area contributed by atoms with E-state index in [0.29, 0.717) is 67.7 Å². The molecule has 0 radical (unpaired) electrons. The number of aliphatic carboxylic acids is 1. The molecule has 0 aromatic heterocycles. The predicted octanol–water partition coefficient (Wildman–Crippen LogP) is 5.28. The maximum atomic E-state index is 13.7. The first-order chi connectivity index (χ1) is 24.8. The minimum absolute atomic E-state index is 0.0363. The second kappa shape index (κ2) is 13.3. The fraction of sp³-hybridized carbons (Fsp3) is 0.881. The predicted molar refractivity (Wildman–Crippen MR) is 207 cm³/mol. The van der Waals surface area contributed by atoms with E-state index in [-0.39, 0.29) is 27.6 Å². The molecule has 2 heterocycles. The number of allylic oxidation sites excluding steroid dienone is 1. The van der Waals surface area contributed by atoms with Gasteiger partial charge in [0, 0.05) is 31.7 Å². The molecule has 5 aliphatic carbocycles. The maximum Gasteiger partial charge on any atom is 0.329 e. The molecule has 10 nitrogen and oxygen atoms in total. The zero-order chi connectivity index (χ0) is 38.4. The Morgan fingerprint density at radius 1 is 0.830 bits per heavy atom. The van der Waals surface area contributed by atoms with Gasteiger partial charge < -0.3 is 25.5 Å². The third-order valence-electron chi connectivity index (χ3n) is 17.6. The number of carboxylic acids is 1. The smallest absolute Gasteiger partial charge is 0.329 e. The number of carboxylic acid groups (broad SMARTS) is 1. The molecular weight excluding hydrogens is 689 g/mol. The zero-order valence-corrected chi connectivity index (χ0v) is 34.3. The van der Waals surface area contributed by atoms with Gasteiger partial charge in [-0.25, -0.2) is 13.2 Å². The van der Waals surface area contributed by atoms with Crippen molar-refractivity contribution < 1.29 is 27.9 Å². The summed E-state index contributed by atoms with van der Waals surface area (Å²) < 4.78 is 23.7. The molecule has 2 aliphatic heterocycles. The Kier molecular flexibility index (Phi) is 9.86. The van der Waals surface area contributed by atoms with Gasteiger partial charge in [-0.1, -0.05) is 32.9 Å². The van der Waals surface area contributed by atoms with E-state index in [9.17, 15) is 27.9 Å². The minimum Gasteiger partial charge on any atom is -0.480 e. The van der Waals surface area contributed by atoms with Crippen LogP contribution in [0.1, 0.15) is 119 Å². The molecule has 0 aromatic rings. The highest BCUT2D eigenvalue weighted by atomic mass is 32.2. The van der Waals surface area contributed by atoms with E-state index in [0.717, 1.165) is 45.3 Å². The summed E-state index contributed by atoms with van der Waals surface area (Å²) in [5, 5.41) is 16.1. The van der Waals surface area contributed by atoms with E-state index in [4.69, 9.17) is 0 Å². The van der Waals surface area contributed by atoms with Gasteiger partial charge in [0.2, 0.25) is 0 Å². The number of carbonyl (C=O) groups excluding carboxylic acids is 2. The number of piperidine rings is 1. The van der Waals surface area contributed by atoms with Gasteiger partial charge in [-0.3, -0.25) is 9.59 Å². The first kappa shape index (κ1) is 39.3. The largest absolute Gasteiger partial charge is 0.480 e. The van der Waals surface area contributed by atoms with Crippen molar-refractivity contribution in [3.63, 3.8) is 0 Å². The van der Waals surface area contributed by atoms with E-state index < -0.39 is 38.7 Å². The van der Waals surface area contributed by atoms with Crippen LogP contribution in [-0.4, -0.2) is 103 Å². The Morgan fingerprint density at radius 2 is 1.53 bits per heavy atom. The van der Waals surface area contributed by atoms with Crippen molar-refractivity contribution in [1.29, 1.82) is 0 Å². The van der Waals surface area contributed by atoms with Crippen molar-refractivity contribution in [2.75, 3.05) is 50.8 Å². The van der Waals surface area contributed by atoms with Crippen LogP contribution < -0.4 is 10.6 Å². The summed E-state index contributed by atoms with van der Waals surface area (Å²) >= 11 is 0. The third kappa shape index (κ3) is 6.23. The van der Waals surface area contributed by atoms with Crippen molar-refractivity contribution >= 4 is 27.6 Å². The molecule has 53 heavy (non-hydrogen) atoms. The molecule has 2 saturated heterocycles. The molecule has 7 rings (SSSR count). The number of rotatable bonds is 9. The van der Waals surface area contributed by atoms with Crippen molar-refractivity contribution in [3.05, 3.63) is 12.2 Å². The van der Waals surface area contributed by atoms with E-state index in [1.807, 2.05) is 0 Å². The van der Waals surface area contributed by atoms with Crippen LogP contribution in [-0.2, 0) is 24.2 Å². The van der Waals surface area contributed by atoms with Gasteiger partial charge in [-0.05, 0) is 162 Å². The lowest BCUT2D eigenvalue weighted by molar-refractivity contribution is -0.240. The monoisotopic (exact) mass is 756 g/mol. The standard InChI is InChI=1S/C42H68N4O6S/c1-28(2)29-11-14-41(27-43-20-8-21-45-23-25-53(51,52)26-24-45)16-15-39(6)30(33(29)41)9-10-32-38(5)19-22-46(37(3,4)31(38)12-13-40(32,39)7)35(48)34(47)44-42(17-18-42)36(49)50/h29-33,43H,1,8-27H2,2-7H3,(H,44,47)(H,49,50)/t29-,30+,31-,32+,33+,38-,39+,40+,41+/m0/s1. The molecule has 7 fully saturated rings. The van der Waals surface area contributed by atoms with Gasteiger partial charge in [-0.2, -0.15) is 0 Å². The summed E-state index contributed by atoms with van der Waals surface area (Å²) in [6.07, 6.45) is 12.2. The number of hydrogen-bond donors (Lipinski definition) is 3. The number of fused-ring (bicyclic) bond motifs is 7. The molecule has 2 amide bonds. The van der Waals surface area contributed by atoms with Gasteiger partial charge >= 0.3 is 17.8 Å². The molecular formula is C42H68N4O6S. The summed E-state index contributed by atoms with van der Waals surface area (Å²) in [5.74, 6) is 0.757. The molecule has 9 atom stereocenters. The Labute approximate surface area is 318 Å². The van der Waals surface area contributed by atoms with Crippen molar-refractivity contribution in [3.8, 4) is 0 Å². The highest BCUT2D eigenvalue weighted by Crippen LogP contribution is 2.76. The Hall–Kier alpha value is -1.98. The first-order valence-corrected chi connectivity index (χ1v) is 22.7. The van der Waals surface area contributed by atoms with Gasteiger partial charge in [0.1, 0.15) is 5.54 Å². The van der Waals surface area contributed by atoms with Gasteiger partial charge in [0.25, 0.3) is 0 Å². The Balaban J connectivity index is 1.05. The van der Waals surface area contributed by atoms with Crippen LogP contribution in [0, 0.1) is 51.2 Å². The van der Waals surface area contributed by atoms with Gasteiger partial charge in [0.15, 0.2) is 9.84 Å². The minimum atomic E-state index is -2.85. The lowest BCUT2D eigenvalue weighted by atomic mass is 9.33. The highest BCUT2D eigenvalue weighted by molar-refractivity contribution is 7.91. The fourth-order valence-corrected chi connectivity index (χ4v) is 15.6. The molecule has 5 saturated carbocycles. The molecule has 3 N–H and O–H groups in total. The number of amides is 2. The molecule has 0 spiro atoms. The fourth-order valence-electron chi connectivity index (χ4n) is 14.3. The lowest BCUT2D eigenvalue weighted by Gasteiger charge is -2.73. The van der Waals surface area contributed by atoms with Gasteiger partial charge in [0.05, 0.1) is 11.5 Å². The third-order valence-corrected chi connectivity index (χ3v) is 19.2. The average Bonchev–Trinajstić information content (AvgIpc) is 3.77. The van der Waals surface area contributed by atoms with E-state index in [1.165, 1.54) is 44.1 Å². The van der Waals surface area contributed by atoms with E-state index in [1.54, 1.807) is 4.90 Å².